The third-order valence-corrected chi connectivity index (χ3v) is 1.76. The van der Waals surface area contributed by atoms with E-state index in [0.29, 0.717) is 0 Å². The molecular weight excluding hydrogens is 194 g/mol. The maximum atomic E-state index is 10.4. The van der Waals surface area contributed by atoms with Crippen LogP contribution in [0.2, 0.25) is 0 Å². The van der Waals surface area contributed by atoms with Gasteiger partial charge in [-0.25, -0.2) is 4.79 Å². The third-order valence-electron chi connectivity index (χ3n) is 1.76. The maximum Gasteiger partial charge on any atom is 0.332 e. The first-order chi connectivity index (χ1) is 7.24. The lowest BCUT2D eigenvalue weighted by molar-refractivity contribution is -0.141. The second kappa shape index (κ2) is 5.80. The van der Waals surface area contributed by atoms with Crippen LogP contribution in [0.5, 0.6) is 5.75 Å². The summed E-state index contributed by atoms with van der Waals surface area (Å²) in [6.45, 7) is 3.31. The fraction of sp³-hybridized carbons (Fsp3) is 0.273. The summed E-state index contributed by atoms with van der Waals surface area (Å²) < 4.78 is 5.21. The summed E-state index contributed by atoms with van der Waals surface area (Å²) in [7, 11) is 0. The quantitative estimate of drug-likeness (QED) is 0.329. The van der Waals surface area contributed by atoms with E-state index < -0.39 is 5.97 Å². The zero-order valence-corrected chi connectivity index (χ0v) is 8.77. The van der Waals surface area contributed by atoms with E-state index in [1.54, 1.807) is 0 Å². The molecule has 0 aliphatic rings. The van der Waals surface area contributed by atoms with Crippen molar-refractivity contribution in [1.82, 2.24) is 0 Å². The Bertz CT molecular complexity index is 361. The molecule has 4 nitrogen and oxygen atoms in total. The Labute approximate surface area is 88.5 Å². The van der Waals surface area contributed by atoms with E-state index in [0.717, 1.165) is 24.1 Å². The Hall–Kier alpha value is -1.84. The molecule has 4 heteroatoms. The number of carbonyl (C=O) groups excluding carboxylic acids is 1. The van der Waals surface area contributed by atoms with Gasteiger partial charge in [0.15, 0.2) is 0 Å². The van der Waals surface area contributed by atoms with Gasteiger partial charge in [0.1, 0.15) is 5.75 Å². The van der Waals surface area contributed by atoms with Crippen LogP contribution in [0, 0.1) is 0 Å². The normalized spacial score (nSPS) is 10.3. The minimum Gasteiger partial charge on any atom is -0.442 e. The van der Waals surface area contributed by atoms with Crippen molar-refractivity contribution < 1.29 is 14.4 Å². The van der Waals surface area contributed by atoms with E-state index in [9.17, 15) is 4.79 Å². The molecular formula is C11H13NO3. The summed E-state index contributed by atoms with van der Waals surface area (Å²) in [5.41, 5.74) is 1.08. The Balaban J connectivity index is 2.56. The van der Waals surface area contributed by atoms with Crippen molar-refractivity contribution in [3.8, 4) is 5.75 Å². The second-order valence-electron chi connectivity index (χ2n) is 2.87. The van der Waals surface area contributed by atoms with Crippen molar-refractivity contribution in [2.75, 3.05) is 0 Å². The number of para-hydroxylation sites is 1. The minimum atomic E-state index is -0.473. The summed E-state index contributed by atoms with van der Waals surface area (Å²) in [6.07, 6.45) is 1.98. The Morgan fingerprint density at radius 1 is 1.47 bits per heavy atom. The highest BCUT2D eigenvalue weighted by atomic mass is 16.7. The topological polar surface area (TPSA) is 47.9 Å². The Kier molecular flexibility index (Phi) is 4.34. The smallest absolute Gasteiger partial charge is 0.332 e. The summed E-state index contributed by atoms with van der Waals surface area (Å²) in [4.78, 5) is 14.7. The molecule has 80 valence electrons. The van der Waals surface area contributed by atoms with Crippen LogP contribution in [0.3, 0.4) is 0 Å². The molecule has 1 aromatic carbocycles. The molecule has 0 amide bonds. The number of oxime groups is 1. The molecule has 1 rings (SSSR count). The van der Waals surface area contributed by atoms with Gasteiger partial charge in [0.25, 0.3) is 0 Å². The van der Waals surface area contributed by atoms with Crippen molar-refractivity contribution in [2.24, 2.45) is 5.16 Å². The van der Waals surface area contributed by atoms with E-state index in [4.69, 9.17) is 4.74 Å². The fourth-order valence-corrected chi connectivity index (χ4v) is 1.08. The molecule has 0 aliphatic carbocycles. The summed E-state index contributed by atoms with van der Waals surface area (Å²) >= 11 is 0. The molecule has 1 aromatic rings. The lowest BCUT2D eigenvalue weighted by Crippen LogP contribution is -1.97. The van der Waals surface area contributed by atoms with Crippen LogP contribution in [-0.2, 0) is 16.1 Å². The molecule has 0 unspecified atom stereocenters. The average molecular weight is 207 g/mol. The number of hydrogen-bond acceptors (Lipinski definition) is 4. The molecule has 15 heavy (non-hydrogen) atoms. The molecule has 0 spiro atoms. The molecule has 0 atom stereocenters. The van der Waals surface area contributed by atoms with Gasteiger partial charge < -0.3 is 9.57 Å². The van der Waals surface area contributed by atoms with Crippen LogP contribution in [0.1, 0.15) is 19.4 Å². The van der Waals surface area contributed by atoms with Gasteiger partial charge in [0.05, 0.1) is 0 Å². The minimum absolute atomic E-state index is 0.473. The van der Waals surface area contributed by atoms with Gasteiger partial charge in [-0.15, -0.1) is 0 Å². The van der Waals surface area contributed by atoms with Crippen molar-refractivity contribution >= 4 is 12.4 Å². The molecule has 0 saturated heterocycles. The SMILES string of the molecule is CCc1ccccc1OC=NOC(C)=O. The molecule has 0 radical (unpaired) electrons. The van der Waals surface area contributed by atoms with Gasteiger partial charge in [-0.2, -0.15) is 0 Å². The summed E-state index contributed by atoms with van der Waals surface area (Å²) in [5, 5.41) is 3.34. The van der Waals surface area contributed by atoms with Crippen molar-refractivity contribution in [3.05, 3.63) is 29.8 Å². The first-order valence-electron chi connectivity index (χ1n) is 4.68. The lowest BCUT2D eigenvalue weighted by atomic mass is 10.1. The van der Waals surface area contributed by atoms with E-state index in [-0.39, 0.29) is 0 Å². The average Bonchev–Trinajstić information content (AvgIpc) is 2.24. The molecule has 0 heterocycles. The molecule has 0 fully saturated rings. The highest BCUT2D eigenvalue weighted by Crippen LogP contribution is 2.17. The summed E-state index contributed by atoms with van der Waals surface area (Å²) in [5.74, 6) is 0.245. The van der Waals surface area contributed by atoms with E-state index in [1.165, 1.54) is 6.92 Å². The van der Waals surface area contributed by atoms with E-state index in [2.05, 4.69) is 9.99 Å². The number of carbonyl (C=O) groups is 1. The maximum absolute atomic E-state index is 10.4. The zero-order valence-electron chi connectivity index (χ0n) is 8.77. The Morgan fingerprint density at radius 3 is 2.87 bits per heavy atom. The number of benzene rings is 1. The highest BCUT2D eigenvalue weighted by Gasteiger charge is 1.98. The molecule has 0 bridgehead atoms. The van der Waals surface area contributed by atoms with E-state index in [1.807, 2.05) is 31.2 Å². The van der Waals surface area contributed by atoms with Crippen LogP contribution < -0.4 is 4.74 Å². The largest absolute Gasteiger partial charge is 0.442 e. The van der Waals surface area contributed by atoms with Gasteiger partial charge in [-0.05, 0) is 23.2 Å². The molecule has 0 N–H and O–H groups in total. The van der Waals surface area contributed by atoms with Gasteiger partial charge in [0.2, 0.25) is 6.40 Å². The van der Waals surface area contributed by atoms with Gasteiger partial charge >= 0.3 is 5.97 Å². The monoisotopic (exact) mass is 207 g/mol. The van der Waals surface area contributed by atoms with Gasteiger partial charge in [-0.3, -0.25) is 0 Å². The van der Waals surface area contributed by atoms with Gasteiger partial charge in [0, 0.05) is 6.92 Å². The zero-order chi connectivity index (χ0) is 11.1. The van der Waals surface area contributed by atoms with Crippen molar-refractivity contribution in [3.63, 3.8) is 0 Å². The van der Waals surface area contributed by atoms with Crippen LogP contribution in [-0.4, -0.2) is 12.4 Å². The first-order valence-corrected chi connectivity index (χ1v) is 4.68. The predicted octanol–water partition coefficient (Wildman–Crippen LogP) is 2.13. The number of rotatable bonds is 4. The lowest BCUT2D eigenvalue weighted by Gasteiger charge is -2.04. The Morgan fingerprint density at radius 2 is 2.20 bits per heavy atom. The standard InChI is InChI=1S/C11H13NO3/c1-3-10-6-4-5-7-11(10)14-8-12-15-9(2)13/h4-8H,3H2,1-2H3. The van der Waals surface area contributed by atoms with Crippen LogP contribution >= 0.6 is 0 Å². The van der Waals surface area contributed by atoms with Crippen LogP contribution in [0.15, 0.2) is 29.4 Å². The molecule has 0 aliphatic heterocycles. The number of nitrogens with zero attached hydrogens (tertiary/aromatic N) is 1. The molecule has 0 saturated carbocycles. The van der Waals surface area contributed by atoms with Crippen molar-refractivity contribution in [2.45, 2.75) is 20.3 Å². The van der Waals surface area contributed by atoms with E-state index >= 15 is 0 Å². The number of aryl methyl sites for hydroxylation is 1. The number of hydrogen-bond donors (Lipinski definition) is 0. The summed E-state index contributed by atoms with van der Waals surface area (Å²) in [6, 6.07) is 7.61. The highest BCUT2D eigenvalue weighted by molar-refractivity contribution is 5.66. The van der Waals surface area contributed by atoms with Crippen molar-refractivity contribution in [1.29, 1.82) is 0 Å². The first kappa shape index (κ1) is 11.2. The fourth-order valence-electron chi connectivity index (χ4n) is 1.08. The number of ether oxygens (including phenoxy) is 1. The van der Waals surface area contributed by atoms with Crippen LogP contribution in [0.4, 0.5) is 0 Å². The third kappa shape index (κ3) is 3.81. The predicted molar refractivity (Wildman–Crippen MR) is 56.7 cm³/mol. The second-order valence-corrected chi connectivity index (χ2v) is 2.87. The van der Waals surface area contributed by atoms with Crippen LogP contribution in [0.25, 0.3) is 0 Å². The molecule has 0 aromatic heterocycles. The van der Waals surface area contributed by atoms with Gasteiger partial charge in [-0.1, -0.05) is 25.1 Å².